The van der Waals surface area contributed by atoms with E-state index in [1.807, 2.05) is 20.1 Å². The summed E-state index contributed by atoms with van der Waals surface area (Å²) < 4.78 is 0. The van der Waals surface area contributed by atoms with Crippen LogP contribution in [0.5, 0.6) is 0 Å². The van der Waals surface area contributed by atoms with Crippen LogP contribution in [0.25, 0.3) is 0 Å². The molecule has 1 amide bonds. The minimum Gasteiger partial charge on any atom is -0.480 e. The van der Waals surface area contributed by atoms with Crippen molar-refractivity contribution in [2.45, 2.75) is 32.7 Å². The number of hydrogen-bond acceptors (Lipinski definition) is 3. The van der Waals surface area contributed by atoms with Crippen LogP contribution in [0.2, 0.25) is 0 Å². The van der Waals surface area contributed by atoms with Crippen LogP contribution in [0, 0.1) is 11.8 Å². The maximum atomic E-state index is 12.2. The van der Waals surface area contributed by atoms with Crippen molar-refractivity contribution in [2.75, 3.05) is 18.6 Å². The van der Waals surface area contributed by atoms with Gasteiger partial charge in [-0.1, -0.05) is 13.8 Å². The Kier molecular flexibility index (Phi) is 5.31. The lowest BCUT2D eigenvalue weighted by Gasteiger charge is -2.37. The van der Waals surface area contributed by atoms with Gasteiger partial charge in [0.25, 0.3) is 0 Å². The third-order valence-electron chi connectivity index (χ3n) is 3.27. The third kappa shape index (κ3) is 3.63. The highest BCUT2D eigenvalue weighted by atomic mass is 32.2. The topological polar surface area (TPSA) is 57.6 Å². The quantitative estimate of drug-likeness (QED) is 0.835. The van der Waals surface area contributed by atoms with E-state index in [-0.39, 0.29) is 11.8 Å². The zero-order chi connectivity index (χ0) is 13.0. The summed E-state index contributed by atoms with van der Waals surface area (Å²) in [7, 11) is 0. The van der Waals surface area contributed by atoms with Crippen molar-refractivity contribution in [1.82, 2.24) is 4.90 Å². The number of aliphatic carboxylic acids is 1. The molecule has 1 aliphatic rings. The molecule has 1 N–H and O–H groups in total. The monoisotopic (exact) mass is 259 g/mol. The van der Waals surface area contributed by atoms with Crippen LogP contribution >= 0.6 is 11.8 Å². The fourth-order valence-corrected chi connectivity index (χ4v) is 2.89. The minimum atomic E-state index is -0.874. The lowest BCUT2D eigenvalue weighted by molar-refractivity contribution is -0.154. The van der Waals surface area contributed by atoms with Gasteiger partial charge in [-0.15, -0.1) is 0 Å². The van der Waals surface area contributed by atoms with Gasteiger partial charge in [-0.2, -0.15) is 11.8 Å². The molecule has 0 aromatic carbocycles. The molecule has 1 heterocycles. The molecule has 1 fully saturated rings. The first-order valence-electron chi connectivity index (χ1n) is 5.99. The van der Waals surface area contributed by atoms with Gasteiger partial charge in [-0.3, -0.25) is 4.79 Å². The van der Waals surface area contributed by atoms with E-state index >= 15 is 0 Å². The number of likely N-dealkylation sites (tertiary alicyclic amines) is 1. The molecule has 3 unspecified atom stereocenters. The zero-order valence-electron chi connectivity index (χ0n) is 10.7. The van der Waals surface area contributed by atoms with Gasteiger partial charge >= 0.3 is 5.97 Å². The molecule has 4 nitrogen and oxygen atoms in total. The van der Waals surface area contributed by atoms with Crippen molar-refractivity contribution < 1.29 is 14.7 Å². The maximum absolute atomic E-state index is 12.2. The summed E-state index contributed by atoms with van der Waals surface area (Å²) in [5.74, 6) is 0.146. The summed E-state index contributed by atoms with van der Waals surface area (Å²) in [6, 6.07) is -0.629. The Morgan fingerprint density at radius 1 is 1.53 bits per heavy atom. The summed E-state index contributed by atoms with van der Waals surface area (Å²) in [5, 5.41) is 9.19. The normalized spacial score (nSPS) is 26.6. The SMILES string of the molecule is CSCC(C)C(=O)N1CCC(C)CC1C(=O)O. The van der Waals surface area contributed by atoms with Crippen LogP contribution in [0.15, 0.2) is 0 Å². The Hall–Kier alpha value is -0.710. The Morgan fingerprint density at radius 2 is 2.18 bits per heavy atom. The van der Waals surface area contributed by atoms with E-state index in [4.69, 9.17) is 0 Å². The molecule has 1 aliphatic heterocycles. The molecule has 0 aliphatic carbocycles. The van der Waals surface area contributed by atoms with Gasteiger partial charge in [0.2, 0.25) is 5.91 Å². The van der Waals surface area contributed by atoms with E-state index in [9.17, 15) is 14.7 Å². The predicted molar refractivity (Wildman–Crippen MR) is 69.1 cm³/mol. The average Bonchev–Trinajstić information content (AvgIpc) is 2.28. The summed E-state index contributed by atoms with van der Waals surface area (Å²) in [5.41, 5.74) is 0. The molecular formula is C12H21NO3S. The van der Waals surface area contributed by atoms with Gasteiger partial charge in [0.1, 0.15) is 6.04 Å². The van der Waals surface area contributed by atoms with Gasteiger partial charge in [0, 0.05) is 18.2 Å². The van der Waals surface area contributed by atoms with Crippen LogP contribution < -0.4 is 0 Å². The van der Waals surface area contributed by atoms with Crippen LogP contribution in [0.4, 0.5) is 0 Å². The molecule has 0 aromatic rings. The summed E-state index contributed by atoms with van der Waals surface area (Å²) in [6.45, 7) is 4.49. The van der Waals surface area contributed by atoms with E-state index in [1.54, 1.807) is 16.7 Å². The molecule has 0 radical (unpaired) electrons. The van der Waals surface area contributed by atoms with Crippen molar-refractivity contribution in [3.05, 3.63) is 0 Å². The molecule has 0 saturated carbocycles. The van der Waals surface area contributed by atoms with Gasteiger partial charge in [0.15, 0.2) is 0 Å². The standard InChI is InChI=1S/C12H21NO3S/c1-8-4-5-13(10(6-8)12(15)16)11(14)9(2)7-17-3/h8-10H,4-7H2,1-3H3,(H,15,16). The third-order valence-corrected chi connectivity index (χ3v) is 4.10. The zero-order valence-corrected chi connectivity index (χ0v) is 11.5. The lowest BCUT2D eigenvalue weighted by atomic mass is 9.91. The molecule has 0 bridgehead atoms. The Morgan fingerprint density at radius 3 is 2.71 bits per heavy atom. The molecule has 98 valence electrons. The lowest BCUT2D eigenvalue weighted by Crippen LogP contribution is -2.51. The van der Waals surface area contributed by atoms with Crippen LogP contribution in [-0.4, -0.2) is 46.5 Å². The van der Waals surface area contributed by atoms with E-state index in [1.165, 1.54) is 0 Å². The fraction of sp³-hybridized carbons (Fsp3) is 0.833. The van der Waals surface area contributed by atoms with Gasteiger partial charge in [-0.05, 0) is 25.0 Å². The summed E-state index contributed by atoms with van der Waals surface area (Å²) >= 11 is 1.62. The smallest absolute Gasteiger partial charge is 0.326 e. The number of carboxylic acids is 1. The maximum Gasteiger partial charge on any atom is 0.326 e. The fourth-order valence-electron chi connectivity index (χ4n) is 2.24. The average molecular weight is 259 g/mol. The first-order chi connectivity index (χ1) is 7.97. The number of carboxylic acid groups (broad SMARTS) is 1. The van der Waals surface area contributed by atoms with E-state index in [0.29, 0.717) is 18.9 Å². The van der Waals surface area contributed by atoms with Gasteiger partial charge in [0.05, 0.1) is 0 Å². The van der Waals surface area contributed by atoms with Crippen molar-refractivity contribution in [1.29, 1.82) is 0 Å². The van der Waals surface area contributed by atoms with E-state index in [2.05, 4.69) is 0 Å². The molecule has 17 heavy (non-hydrogen) atoms. The highest BCUT2D eigenvalue weighted by molar-refractivity contribution is 7.98. The van der Waals surface area contributed by atoms with Crippen molar-refractivity contribution in [3.8, 4) is 0 Å². The number of amides is 1. The van der Waals surface area contributed by atoms with E-state index < -0.39 is 12.0 Å². The van der Waals surface area contributed by atoms with Crippen LogP contribution in [0.3, 0.4) is 0 Å². The second-order valence-corrected chi connectivity index (χ2v) is 5.78. The van der Waals surface area contributed by atoms with Crippen LogP contribution in [-0.2, 0) is 9.59 Å². The molecule has 0 spiro atoms. The number of rotatable bonds is 4. The predicted octanol–water partition coefficient (Wildman–Crippen LogP) is 1.70. The first-order valence-corrected chi connectivity index (χ1v) is 7.39. The van der Waals surface area contributed by atoms with Gasteiger partial charge < -0.3 is 10.0 Å². The largest absolute Gasteiger partial charge is 0.480 e. The van der Waals surface area contributed by atoms with Crippen molar-refractivity contribution >= 4 is 23.6 Å². The van der Waals surface area contributed by atoms with Crippen molar-refractivity contribution in [2.24, 2.45) is 11.8 Å². The number of nitrogens with zero attached hydrogens (tertiary/aromatic N) is 1. The molecular weight excluding hydrogens is 238 g/mol. The minimum absolute atomic E-state index is 0.0151. The summed E-state index contributed by atoms with van der Waals surface area (Å²) in [4.78, 5) is 24.9. The van der Waals surface area contributed by atoms with Gasteiger partial charge in [-0.25, -0.2) is 4.79 Å². The highest BCUT2D eigenvalue weighted by Crippen LogP contribution is 2.24. The number of thioether (sulfide) groups is 1. The van der Waals surface area contributed by atoms with E-state index in [0.717, 1.165) is 12.2 Å². The highest BCUT2D eigenvalue weighted by Gasteiger charge is 2.36. The summed E-state index contributed by atoms with van der Waals surface area (Å²) in [6.07, 6.45) is 3.44. The number of carbonyl (C=O) groups excluding carboxylic acids is 1. The Labute approximate surface area is 107 Å². The molecule has 0 aromatic heterocycles. The number of hydrogen-bond donors (Lipinski definition) is 1. The molecule has 1 rings (SSSR count). The molecule has 5 heteroatoms. The van der Waals surface area contributed by atoms with Crippen molar-refractivity contribution in [3.63, 3.8) is 0 Å². The Bertz CT molecular complexity index is 295. The number of piperidine rings is 1. The molecule has 3 atom stereocenters. The first kappa shape index (κ1) is 14.4. The number of carbonyl (C=O) groups is 2. The second-order valence-electron chi connectivity index (χ2n) is 4.87. The van der Waals surface area contributed by atoms with Crippen LogP contribution in [0.1, 0.15) is 26.7 Å². The Balaban J connectivity index is 2.72. The second kappa shape index (κ2) is 6.28. The molecule has 1 saturated heterocycles.